The van der Waals surface area contributed by atoms with Crippen LogP contribution < -0.4 is 0 Å². The van der Waals surface area contributed by atoms with Crippen molar-refractivity contribution in [3.63, 3.8) is 0 Å². The average molecular weight is 163 g/mol. The fourth-order valence-corrected chi connectivity index (χ4v) is 1.99. The molecule has 60 valence electrons. The van der Waals surface area contributed by atoms with Crippen LogP contribution in [0.1, 0.15) is 39.5 Å². The quantitative estimate of drug-likeness (QED) is 0.632. The van der Waals surface area contributed by atoms with Gasteiger partial charge in [-0.15, -0.1) is 0 Å². The lowest BCUT2D eigenvalue weighted by Crippen LogP contribution is -2.00. The molecule has 0 saturated heterocycles. The van der Waals surface area contributed by atoms with Gasteiger partial charge in [0, 0.05) is 0 Å². The fourth-order valence-electron chi connectivity index (χ4n) is 1.03. The Morgan fingerprint density at radius 2 is 1.70 bits per heavy atom. The van der Waals surface area contributed by atoms with Crippen molar-refractivity contribution in [3.8, 4) is 0 Å². The highest BCUT2D eigenvalue weighted by Crippen LogP contribution is 2.29. The van der Waals surface area contributed by atoms with Crippen molar-refractivity contribution in [1.82, 2.24) is 0 Å². The third kappa shape index (κ3) is 3.97. The van der Waals surface area contributed by atoms with Gasteiger partial charge in [-0.25, -0.2) is 0 Å². The van der Waals surface area contributed by atoms with Crippen molar-refractivity contribution >= 4 is 8.03 Å². The zero-order valence-corrected chi connectivity index (χ0v) is 7.60. The second kappa shape index (κ2) is 5.82. The van der Waals surface area contributed by atoms with E-state index in [0.29, 0.717) is 0 Å². The van der Waals surface area contributed by atoms with Gasteiger partial charge >= 0.3 is 8.03 Å². The van der Waals surface area contributed by atoms with E-state index in [-0.39, 0.29) is 5.66 Å². The lowest BCUT2D eigenvalue weighted by atomic mass is 10.2. The highest BCUT2D eigenvalue weighted by Gasteiger charge is 2.26. The lowest BCUT2D eigenvalue weighted by Gasteiger charge is -1.98. The zero-order valence-electron chi connectivity index (χ0n) is 6.71. The molecule has 0 aromatic rings. The minimum absolute atomic E-state index is 0.0463. The molecule has 0 radical (unpaired) electrons. The molecule has 0 saturated carbocycles. The molecule has 0 aliphatic carbocycles. The number of hydrogen-bond donors (Lipinski definition) is 1. The molecule has 3 heteroatoms. The first-order chi connectivity index (χ1) is 4.72. The van der Waals surface area contributed by atoms with Crippen molar-refractivity contribution in [2.75, 3.05) is 0 Å². The van der Waals surface area contributed by atoms with Crippen LogP contribution in [0, 0.1) is 0 Å². The van der Waals surface area contributed by atoms with Gasteiger partial charge in [0.05, 0.1) is 0 Å². The van der Waals surface area contributed by atoms with E-state index in [9.17, 15) is 4.57 Å². The van der Waals surface area contributed by atoms with Crippen LogP contribution in [-0.2, 0) is 4.57 Å². The second-order valence-electron chi connectivity index (χ2n) is 2.53. The lowest BCUT2D eigenvalue weighted by molar-refractivity contribution is 0.475. The van der Waals surface area contributed by atoms with Gasteiger partial charge in [-0.1, -0.05) is 26.7 Å². The molecule has 0 rings (SSSR count). The van der Waals surface area contributed by atoms with Crippen LogP contribution in [0.3, 0.4) is 0 Å². The van der Waals surface area contributed by atoms with Crippen LogP contribution in [0.4, 0.5) is 0 Å². The highest BCUT2D eigenvalue weighted by molar-refractivity contribution is 7.38. The summed E-state index contributed by atoms with van der Waals surface area (Å²) < 4.78 is 10.6. The largest absolute Gasteiger partial charge is 0.508 e. The summed E-state index contributed by atoms with van der Waals surface area (Å²) in [6.07, 6.45) is 3.79. The summed E-state index contributed by atoms with van der Waals surface area (Å²) in [6, 6.07) is 0. The predicted octanol–water partition coefficient (Wildman–Crippen LogP) is 2.69. The Morgan fingerprint density at radius 3 is 1.90 bits per heavy atom. The topological polar surface area (TPSA) is 37.3 Å². The maximum absolute atomic E-state index is 10.6. The van der Waals surface area contributed by atoms with Crippen LogP contribution in [-0.4, -0.2) is 10.6 Å². The molecule has 0 aliphatic heterocycles. The zero-order chi connectivity index (χ0) is 7.98. The monoisotopic (exact) mass is 163 g/mol. The maximum Gasteiger partial charge on any atom is 0.508 e. The van der Waals surface area contributed by atoms with E-state index in [0.717, 1.165) is 25.7 Å². The van der Waals surface area contributed by atoms with Crippen LogP contribution >= 0.6 is 8.03 Å². The van der Waals surface area contributed by atoms with E-state index in [1.54, 1.807) is 0 Å². The molecule has 1 N–H and O–H groups in total. The van der Waals surface area contributed by atoms with Crippen LogP contribution in [0.2, 0.25) is 0 Å². The average Bonchev–Trinajstić information content (AvgIpc) is 1.87. The summed E-state index contributed by atoms with van der Waals surface area (Å²) in [7, 11) is -1.93. The summed E-state index contributed by atoms with van der Waals surface area (Å²) in [6.45, 7) is 4.09. The maximum atomic E-state index is 10.6. The van der Waals surface area contributed by atoms with Crippen LogP contribution in [0.5, 0.6) is 0 Å². The first kappa shape index (κ1) is 10.1. The van der Waals surface area contributed by atoms with Gasteiger partial charge in [-0.2, -0.15) is 4.89 Å². The van der Waals surface area contributed by atoms with E-state index in [1.165, 1.54) is 0 Å². The van der Waals surface area contributed by atoms with Gasteiger partial charge in [-0.05, 0) is 17.4 Å². The molecule has 0 amide bonds. The Bertz CT molecular complexity index is 97.8. The fraction of sp³-hybridized carbons (Fsp3) is 1.00. The van der Waals surface area contributed by atoms with Crippen molar-refractivity contribution in [1.29, 1.82) is 0 Å². The standard InChI is InChI=1S/C7H15O2P/c1-3-5-7(6-4-2)10(8)9/h7H,3-6H2,1-2H3/p+1. The summed E-state index contributed by atoms with van der Waals surface area (Å²) in [5.41, 5.74) is 0.0463. The van der Waals surface area contributed by atoms with Crippen molar-refractivity contribution in [3.05, 3.63) is 0 Å². The van der Waals surface area contributed by atoms with Crippen molar-refractivity contribution in [2.45, 2.75) is 45.2 Å². The Kier molecular flexibility index (Phi) is 5.85. The van der Waals surface area contributed by atoms with E-state index >= 15 is 0 Å². The minimum Gasteiger partial charge on any atom is -0.161 e. The van der Waals surface area contributed by atoms with Crippen LogP contribution in [0.25, 0.3) is 0 Å². The summed E-state index contributed by atoms with van der Waals surface area (Å²) in [5, 5.41) is 0. The van der Waals surface area contributed by atoms with E-state index in [1.807, 2.05) is 13.8 Å². The predicted molar refractivity (Wildman–Crippen MR) is 43.4 cm³/mol. The molecule has 0 spiro atoms. The van der Waals surface area contributed by atoms with Crippen molar-refractivity contribution < 1.29 is 9.46 Å². The molecule has 0 aromatic carbocycles. The smallest absolute Gasteiger partial charge is 0.161 e. The molecule has 0 aromatic heterocycles. The Labute approximate surface area is 63.5 Å². The van der Waals surface area contributed by atoms with Crippen molar-refractivity contribution in [2.24, 2.45) is 0 Å². The molecule has 2 nitrogen and oxygen atoms in total. The normalized spacial score (nSPS) is 12.2. The number of hydrogen-bond acceptors (Lipinski definition) is 1. The summed E-state index contributed by atoms with van der Waals surface area (Å²) >= 11 is 0. The van der Waals surface area contributed by atoms with Crippen LogP contribution in [0.15, 0.2) is 0 Å². The van der Waals surface area contributed by atoms with Gasteiger partial charge in [0.1, 0.15) is 0 Å². The first-order valence-electron chi connectivity index (χ1n) is 3.87. The van der Waals surface area contributed by atoms with Gasteiger partial charge in [-0.3, -0.25) is 0 Å². The third-order valence-electron chi connectivity index (χ3n) is 1.56. The minimum atomic E-state index is -1.93. The Balaban J connectivity index is 3.61. The van der Waals surface area contributed by atoms with Gasteiger partial charge in [0.15, 0.2) is 5.66 Å². The Hall–Kier alpha value is 0.0600. The molecular weight excluding hydrogens is 147 g/mol. The van der Waals surface area contributed by atoms with E-state index in [4.69, 9.17) is 4.89 Å². The molecule has 1 atom stereocenters. The SMILES string of the molecule is CCCC(CCC)[P+](=O)O. The molecule has 1 unspecified atom stereocenters. The molecule has 10 heavy (non-hydrogen) atoms. The van der Waals surface area contributed by atoms with E-state index in [2.05, 4.69) is 0 Å². The molecule has 0 bridgehead atoms. The second-order valence-corrected chi connectivity index (χ2v) is 3.87. The summed E-state index contributed by atoms with van der Waals surface area (Å²) in [5.74, 6) is 0. The highest BCUT2D eigenvalue weighted by atomic mass is 31.1. The van der Waals surface area contributed by atoms with Gasteiger partial charge in [0.25, 0.3) is 0 Å². The third-order valence-corrected chi connectivity index (χ3v) is 2.70. The summed E-state index contributed by atoms with van der Waals surface area (Å²) in [4.78, 5) is 8.78. The first-order valence-corrected chi connectivity index (χ1v) is 5.15. The molecule has 0 aliphatic rings. The molecule has 0 heterocycles. The number of rotatable bonds is 5. The molecule has 0 fully saturated rings. The van der Waals surface area contributed by atoms with Gasteiger partial charge < -0.3 is 0 Å². The molecular formula is C7H16O2P+. The van der Waals surface area contributed by atoms with E-state index < -0.39 is 8.03 Å². The Morgan fingerprint density at radius 1 is 1.30 bits per heavy atom. The van der Waals surface area contributed by atoms with Gasteiger partial charge in [0.2, 0.25) is 0 Å².